The highest BCUT2D eigenvalue weighted by atomic mass is 16.5. The van der Waals surface area contributed by atoms with Crippen molar-refractivity contribution in [3.8, 4) is 0 Å². The molecule has 3 aromatic rings. The third-order valence-corrected chi connectivity index (χ3v) is 3.67. The largest absolute Gasteiger partial charge is 0.461 e. The maximum atomic E-state index is 12.6. The summed E-state index contributed by atoms with van der Waals surface area (Å²) in [5.41, 5.74) is 2.14. The molecule has 0 N–H and O–H groups in total. The van der Waals surface area contributed by atoms with Crippen molar-refractivity contribution in [1.82, 2.24) is 10.1 Å². The molecule has 1 amide bonds. The van der Waals surface area contributed by atoms with Gasteiger partial charge in [-0.3, -0.25) is 4.79 Å². The number of carbonyl (C=O) groups excluding carboxylic acids is 1. The lowest BCUT2D eigenvalue weighted by atomic mass is 10.1. The monoisotopic (exact) mass is 284 g/mol. The van der Waals surface area contributed by atoms with Crippen LogP contribution in [0.4, 0.5) is 0 Å². The van der Waals surface area contributed by atoms with Crippen LogP contribution in [0.5, 0.6) is 0 Å². The van der Waals surface area contributed by atoms with E-state index in [1.165, 1.54) is 6.26 Å². The lowest BCUT2D eigenvalue weighted by Gasteiger charge is -2.23. The summed E-state index contributed by atoms with van der Waals surface area (Å²) in [6, 6.07) is 8.98. The maximum Gasteiger partial charge on any atom is 0.254 e. The predicted molar refractivity (Wildman–Crippen MR) is 78.0 cm³/mol. The molecular weight excluding hydrogens is 268 g/mol. The van der Waals surface area contributed by atoms with Gasteiger partial charge < -0.3 is 13.8 Å². The van der Waals surface area contributed by atoms with Gasteiger partial charge in [-0.25, -0.2) is 0 Å². The minimum atomic E-state index is -0.155. The van der Waals surface area contributed by atoms with Crippen molar-refractivity contribution in [3.63, 3.8) is 0 Å². The van der Waals surface area contributed by atoms with Crippen molar-refractivity contribution >= 4 is 16.9 Å². The number of benzene rings is 1. The summed E-state index contributed by atoms with van der Waals surface area (Å²) < 4.78 is 10.4. The third-order valence-electron chi connectivity index (χ3n) is 3.67. The van der Waals surface area contributed by atoms with E-state index >= 15 is 0 Å². The number of nitrogens with zero attached hydrogens (tertiary/aromatic N) is 2. The molecule has 0 aliphatic rings. The molecule has 3 rings (SSSR count). The molecule has 108 valence electrons. The number of furan rings is 1. The number of aromatic nitrogens is 1. The lowest BCUT2D eigenvalue weighted by molar-refractivity contribution is 0.0738. The van der Waals surface area contributed by atoms with E-state index < -0.39 is 0 Å². The Morgan fingerprint density at radius 1 is 1.29 bits per heavy atom. The SMILES string of the molecule is Cc1cc2cc(C(=O)N(C)C(C)c3ccon3)ccc2o1. The van der Waals surface area contributed by atoms with Crippen LogP contribution in [0.25, 0.3) is 11.0 Å². The maximum absolute atomic E-state index is 12.6. The summed E-state index contributed by atoms with van der Waals surface area (Å²) in [5, 5.41) is 4.81. The molecule has 5 nitrogen and oxygen atoms in total. The van der Waals surface area contributed by atoms with Crippen LogP contribution in [-0.2, 0) is 0 Å². The van der Waals surface area contributed by atoms with Crippen molar-refractivity contribution in [2.24, 2.45) is 0 Å². The average Bonchev–Trinajstić information content (AvgIpc) is 3.12. The zero-order valence-corrected chi connectivity index (χ0v) is 12.2. The van der Waals surface area contributed by atoms with Crippen LogP contribution < -0.4 is 0 Å². The van der Waals surface area contributed by atoms with Gasteiger partial charge in [0, 0.05) is 24.1 Å². The van der Waals surface area contributed by atoms with Crippen molar-refractivity contribution in [2.45, 2.75) is 19.9 Å². The Kier molecular flexibility index (Phi) is 3.25. The second-order valence-corrected chi connectivity index (χ2v) is 5.13. The fraction of sp³-hybridized carbons (Fsp3) is 0.250. The molecule has 1 aromatic carbocycles. The molecule has 5 heteroatoms. The van der Waals surface area contributed by atoms with E-state index in [4.69, 9.17) is 8.94 Å². The Balaban J connectivity index is 1.88. The molecule has 0 aliphatic carbocycles. The molecule has 1 unspecified atom stereocenters. The molecule has 0 fully saturated rings. The highest BCUT2D eigenvalue weighted by Gasteiger charge is 2.21. The van der Waals surface area contributed by atoms with Crippen LogP contribution in [0.2, 0.25) is 0 Å². The number of carbonyl (C=O) groups is 1. The first-order valence-electron chi connectivity index (χ1n) is 6.74. The Morgan fingerprint density at radius 3 is 2.81 bits per heavy atom. The lowest BCUT2D eigenvalue weighted by Crippen LogP contribution is -2.29. The van der Waals surface area contributed by atoms with Gasteiger partial charge >= 0.3 is 0 Å². The minimum Gasteiger partial charge on any atom is -0.461 e. The fourth-order valence-corrected chi connectivity index (χ4v) is 2.32. The van der Waals surface area contributed by atoms with E-state index in [0.717, 1.165) is 22.4 Å². The quantitative estimate of drug-likeness (QED) is 0.737. The topological polar surface area (TPSA) is 59.5 Å². The summed E-state index contributed by atoms with van der Waals surface area (Å²) in [6.45, 7) is 3.80. The molecule has 0 radical (unpaired) electrons. The van der Waals surface area contributed by atoms with E-state index in [1.54, 1.807) is 24.1 Å². The second kappa shape index (κ2) is 5.09. The summed E-state index contributed by atoms with van der Waals surface area (Å²) in [7, 11) is 1.76. The smallest absolute Gasteiger partial charge is 0.254 e. The average molecular weight is 284 g/mol. The first-order chi connectivity index (χ1) is 10.1. The van der Waals surface area contributed by atoms with E-state index in [1.807, 2.05) is 32.0 Å². The van der Waals surface area contributed by atoms with Crippen LogP contribution in [0.3, 0.4) is 0 Å². The van der Waals surface area contributed by atoms with Crippen LogP contribution in [0, 0.1) is 6.92 Å². The number of hydrogen-bond acceptors (Lipinski definition) is 4. The summed E-state index contributed by atoms with van der Waals surface area (Å²) in [5.74, 6) is 0.769. The summed E-state index contributed by atoms with van der Waals surface area (Å²) in [4.78, 5) is 14.2. The molecule has 0 saturated heterocycles. The molecular formula is C16H16N2O3. The third kappa shape index (κ3) is 2.42. The van der Waals surface area contributed by atoms with E-state index in [2.05, 4.69) is 5.16 Å². The van der Waals surface area contributed by atoms with Crippen molar-refractivity contribution in [1.29, 1.82) is 0 Å². The molecule has 2 heterocycles. The Hall–Kier alpha value is -2.56. The predicted octanol–water partition coefficient (Wildman–Crippen LogP) is 3.56. The van der Waals surface area contributed by atoms with E-state index in [9.17, 15) is 4.79 Å². The second-order valence-electron chi connectivity index (χ2n) is 5.13. The highest BCUT2D eigenvalue weighted by molar-refractivity contribution is 5.97. The minimum absolute atomic E-state index is 0.0637. The molecule has 0 bridgehead atoms. The molecule has 21 heavy (non-hydrogen) atoms. The number of aryl methyl sites for hydroxylation is 1. The van der Waals surface area contributed by atoms with Crippen LogP contribution in [0.15, 0.2) is 45.5 Å². The number of fused-ring (bicyclic) bond motifs is 1. The molecule has 0 aliphatic heterocycles. The zero-order chi connectivity index (χ0) is 15.0. The standard InChI is InChI=1S/C16H16N2O3/c1-10-8-13-9-12(4-5-15(13)21-10)16(19)18(3)11(2)14-6-7-20-17-14/h4-9,11H,1-3H3. The van der Waals surface area contributed by atoms with Crippen molar-refractivity contribution in [2.75, 3.05) is 7.05 Å². The molecule has 0 spiro atoms. The normalized spacial score (nSPS) is 12.5. The van der Waals surface area contributed by atoms with Gasteiger partial charge in [-0.2, -0.15) is 0 Å². The first kappa shape index (κ1) is 13.4. The Labute approximate surface area is 122 Å². The molecule has 0 saturated carbocycles. The van der Waals surface area contributed by atoms with Crippen LogP contribution in [0.1, 0.15) is 34.8 Å². The van der Waals surface area contributed by atoms with Gasteiger partial charge in [0.15, 0.2) is 0 Å². The van der Waals surface area contributed by atoms with Gasteiger partial charge in [-0.05, 0) is 38.1 Å². The number of hydrogen-bond donors (Lipinski definition) is 0. The highest BCUT2D eigenvalue weighted by Crippen LogP contribution is 2.23. The van der Waals surface area contributed by atoms with Crippen LogP contribution in [-0.4, -0.2) is 23.0 Å². The van der Waals surface area contributed by atoms with Gasteiger partial charge in [-0.1, -0.05) is 5.16 Å². The first-order valence-corrected chi connectivity index (χ1v) is 6.74. The van der Waals surface area contributed by atoms with Gasteiger partial charge in [0.1, 0.15) is 23.3 Å². The summed E-state index contributed by atoms with van der Waals surface area (Å²) in [6.07, 6.45) is 1.50. The van der Waals surface area contributed by atoms with Gasteiger partial charge in [-0.15, -0.1) is 0 Å². The Bertz CT molecular complexity index is 774. The van der Waals surface area contributed by atoms with Crippen molar-refractivity contribution < 1.29 is 13.7 Å². The zero-order valence-electron chi connectivity index (χ0n) is 12.2. The summed E-state index contributed by atoms with van der Waals surface area (Å²) >= 11 is 0. The fourth-order valence-electron chi connectivity index (χ4n) is 2.32. The molecule has 2 aromatic heterocycles. The van der Waals surface area contributed by atoms with Gasteiger partial charge in [0.2, 0.25) is 0 Å². The number of rotatable bonds is 3. The van der Waals surface area contributed by atoms with Gasteiger partial charge in [0.05, 0.1) is 6.04 Å². The number of amides is 1. The molecule has 1 atom stereocenters. The van der Waals surface area contributed by atoms with Crippen molar-refractivity contribution in [3.05, 3.63) is 53.6 Å². The Morgan fingerprint density at radius 2 is 2.10 bits per heavy atom. The van der Waals surface area contributed by atoms with Crippen LogP contribution >= 0.6 is 0 Å². The van der Waals surface area contributed by atoms with Gasteiger partial charge in [0.25, 0.3) is 5.91 Å². The van der Waals surface area contributed by atoms with E-state index in [-0.39, 0.29) is 11.9 Å². The van der Waals surface area contributed by atoms with E-state index in [0.29, 0.717) is 5.56 Å².